The van der Waals surface area contributed by atoms with Gasteiger partial charge in [-0.2, -0.15) is 0 Å². The lowest BCUT2D eigenvalue weighted by Gasteiger charge is -2.37. The van der Waals surface area contributed by atoms with Crippen LogP contribution in [0.15, 0.2) is 28.7 Å². The van der Waals surface area contributed by atoms with Crippen molar-refractivity contribution in [1.29, 1.82) is 0 Å². The molecule has 0 radical (unpaired) electrons. The molecule has 0 bridgehead atoms. The lowest BCUT2D eigenvalue weighted by molar-refractivity contribution is 0.0878. The van der Waals surface area contributed by atoms with Crippen LogP contribution >= 0.6 is 15.9 Å². The SMILES string of the molecule is CC1CCCN(CCC(=O)c2cccc(Br)c2)C1C. The zero-order valence-electron chi connectivity index (χ0n) is 11.7. The first kappa shape index (κ1) is 14.7. The monoisotopic (exact) mass is 323 g/mol. The fourth-order valence-electron chi connectivity index (χ4n) is 2.79. The number of rotatable bonds is 4. The molecule has 0 N–H and O–H groups in total. The van der Waals surface area contributed by atoms with Gasteiger partial charge in [0.1, 0.15) is 0 Å². The van der Waals surface area contributed by atoms with Crippen molar-refractivity contribution in [3.63, 3.8) is 0 Å². The van der Waals surface area contributed by atoms with Crippen molar-refractivity contribution in [3.05, 3.63) is 34.3 Å². The van der Waals surface area contributed by atoms with Crippen LogP contribution in [0.5, 0.6) is 0 Å². The predicted molar refractivity (Wildman–Crippen MR) is 82.5 cm³/mol. The number of piperidine rings is 1. The zero-order valence-corrected chi connectivity index (χ0v) is 13.3. The van der Waals surface area contributed by atoms with Gasteiger partial charge < -0.3 is 0 Å². The van der Waals surface area contributed by atoms with Crippen molar-refractivity contribution in [3.8, 4) is 0 Å². The van der Waals surface area contributed by atoms with Crippen molar-refractivity contribution >= 4 is 21.7 Å². The molecule has 1 aliphatic heterocycles. The number of hydrogen-bond acceptors (Lipinski definition) is 2. The quantitative estimate of drug-likeness (QED) is 0.776. The van der Waals surface area contributed by atoms with Crippen LogP contribution in [-0.2, 0) is 0 Å². The molecule has 1 aromatic rings. The molecule has 2 nitrogen and oxygen atoms in total. The molecule has 0 aliphatic carbocycles. The Morgan fingerprint density at radius 2 is 2.21 bits per heavy atom. The molecule has 19 heavy (non-hydrogen) atoms. The van der Waals surface area contributed by atoms with Crippen LogP contribution in [0.25, 0.3) is 0 Å². The third-order valence-electron chi connectivity index (χ3n) is 4.28. The average molecular weight is 324 g/mol. The second-order valence-corrected chi connectivity index (χ2v) is 6.50. The highest BCUT2D eigenvalue weighted by Crippen LogP contribution is 2.23. The van der Waals surface area contributed by atoms with Gasteiger partial charge in [0.2, 0.25) is 0 Å². The van der Waals surface area contributed by atoms with E-state index in [-0.39, 0.29) is 5.78 Å². The number of likely N-dealkylation sites (tertiary alicyclic amines) is 1. The second kappa shape index (κ2) is 6.67. The van der Waals surface area contributed by atoms with Gasteiger partial charge in [-0.15, -0.1) is 0 Å². The summed E-state index contributed by atoms with van der Waals surface area (Å²) in [4.78, 5) is 14.6. The number of ketones is 1. The smallest absolute Gasteiger partial charge is 0.164 e. The maximum absolute atomic E-state index is 12.2. The number of benzene rings is 1. The molecule has 1 fully saturated rings. The number of Topliss-reactive ketones (excluding diaryl/α,β-unsaturated/α-hetero) is 1. The average Bonchev–Trinajstić information content (AvgIpc) is 2.40. The normalized spacial score (nSPS) is 24.4. The summed E-state index contributed by atoms with van der Waals surface area (Å²) in [7, 11) is 0. The van der Waals surface area contributed by atoms with Crippen LogP contribution in [-0.4, -0.2) is 29.8 Å². The molecule has 2 rings (SSSR count). The van der Waals surface area contributed by atoms with E-state index in [0.29, 0.717) is 12.5 Å². The Hall–Kier alpha value is -0.670. The van der Waals surface area contributed by atoms with Crippen LogP contribution in [0.4, 0.5) is 0 Å². The third kappa shape index (κ3) is 3.90. The lowest BCUT2D eigenvalue weighted by Crippen LogP contribution is -2.43. The number of carbonyl (C=O) groups excluding carboxylic acids is 1. The molecule has 104 valence electrons. The van der Waals surface area contributed by atoms with Crippen molar-refractivity contribution in [2.75, 3.05) is 13.1 Å². The summed E-state index contributed by atoms with van der Waals surface area (Å²) in [5.74, 6) is 0.987. The molecule has 1 aromatic carbocycles. The Bertz CT molecular complexity index is 446. The van der Waals surface area contributed by atoms with Gasteiger partial charge in [0, 0.05) is 29.0 Å². The molecule has 0 saturated carbocycles. The maximum Gasteiger partial charge on any atom is 0.164 e. The van der Waals surface area contributed by atoms with Crippen LogP contribution in [0.3, 0.4) is 0 Å². The molecule has 3 heteroatoms. The molecule has 0 amide bonds. The molecule has 2 atom stereocenters. The van der Waals surface area contributed by atoms with Crippen LogP contribution in [0.1, 0.15) is 43.5 Å². The van der Waals surface area contributed by atoms with E-state index in [1.54, 1.807) is 0 Å². The minimum atomic E-state index is 0.242. The summed E-state index contributed by atoms with van der Waals surface area (Å²) < 4.78 is 0.971. The third-order valence-corrected chi connectivity index (χ3v) is 4.77. The minimum absolute atomic E-state index is 0.242. The topological polar surface area (TPSA) is 20.3 Å². The van der Waals surface area contributed by atoms with E-state index in [1.165, 1.54) is 12.8 Å². The van der Waals surface area contributed by atoms with Gasteiger partial charge in [0.25, 0.3) is 0 Å². The number of hydrogen-bond donors (Lipinski definition) is 0. The van der Waals surface area contributed by atoms with Gasteiger partial charge in [-0.3, -0.25) is 9.69 Å². The summed E-state index contributed by atoms with van der Waals surface area (Å²) in [6.07, 6.45) is 3.20. The Morgan fingerprint density at radius 3 is 2.95 bits per heavy atom. The highest BCUT2D eigenvalue weighted by molar-refractivity contribution is 9.10. The van der Waals surface area contributed by atoms with E-state index in [0.717, 1.165) is 29.0 Å². The number of carbonyl (C=O) groups is 1. The number of halogens is 1. The molecule has 1 saturated heterocycles. The Morgan fingerprint density at radius 1 is 1.42 bits per heavy atom. The molecule has 0 aromatic heterocycles. The van der Waals surface area contributed by atoms with E-state index in [1.807, 2.05) is 24.3 Å². The highest BCUT2D eigenvalue weighted by atomic mass is 79.9. The maximum atomic E-state index is 12.2. The van der Waals surface area contributed by atoms with E-state index in [9.17, 15) is 4.79 Å². The molecule has 0 spiro atoms. The van der Waals surface area contributed by atoms with E-state index in [2.05, 4.69) is 34.7 Å². The number of nitrogens with zero attached hydrogens (tertiary/aromatic N) is 1. The Labute approximate surface area is 124 Å². The summed E-state index contributed by atoms with van der Waals surface area (Å²) in [5.41, 5.74) is 0.812. The first-order chi connectivity index (χ1) is 9.08. The molecular formula is C16H22BrNO. The Balaban J connectivity index is 1.90. The second-order valence-electron chi connectivity index (χ2n) is 5.58. The van der Waals surface area contributed by atoms with Crippen molar-refractivity contribution < 1.29 is 4.79 Å². The molecular weight excluding hydrogens is 302 g/mol. The van der Waals surface area contributed by atoms with Gasteiger partial charge in [-0.1, -0.05) is 35.0 Å². The zero-order chi connectivity index (χ0) is 13.8. The summed E-state index contributed by atoms with van der Waals surface area (Å²) in [6.45, 7) is 6.62. The summed E-state index contributed by atoms with van der Waals surface area (Å²) >= 11 is 3.41. The summed E-state index contributed by atoms with van der Waals surface area (Å²) in [5, 5.41) is 0. The van der Waals surface area contributed by atoms with Gasteiger partial charge >= 0.3 is 0 Å². The first-order valence-corrected chi connectivity index (χ1v) is 7.90. The van der Waals surface area contributed by atoms with Gasteiger partial charge in [0.15, 0.2) is 5.78 Å². The van der Waals surface area contributed by atoms with E-state index < -0.39 is 0 Å². The predicted octanol–water partition coefficient (Wildman–Crippen LogP) is 4.14. The molecule has 1 aliphatic rings. The van der Waals surface area contributed by atoms with Gasteiger partial charge in [0.05, 0.1) is 0 Å². The minimum Gasteiger partial charge on any atom is -0.300 e. The standard InChI is InChI=1S/C16H22BrNO/c1-12-5-4-9-18(13(12)2)10-8-16(19)14-6-3-7-15(17)11-14/h3,6-7,11-13H,4-5,8-10H2,1-2H3. The summed E-state index contributed by atoms with van der Waals surface area (Å²) in [6, 6.07) is 8.28. The van der Waals surface area contributed by atoms with Gasteiger partial charge in [-0.05, 0) is 44.4 Å². The highest BCUT2D eigenvalue weighted by Gasteiger charge is 2.24. The fourth-order valence-corrected chi connectivity index (χ4v) is 3.19. The van der Waals surface area contributed by atoms with E-state index >= 15 is 0 Å². The van der Waals surface area contributed by atoms with E-state index in [4.69, 9.17) is 0 Å². The lowest BCUT2D eigenvalue weighted by atomic mass is 9.92. The molecule has 1 heterocycles. The van der Waals surface area contributed by atoms with Gasteiger partial charge in [-0.25, -0.2) is 0 Å². The Kier molecular flexibility index (Phi) is 5.17. The first-order valence-electron chi connectivity index (χ1n) is 7.10. The van der Waals surface area contributed by atoms with Crippen LogP contribution < -0.4 is 0 Å². The van der Waals surface area contributed by atoms with Crippen LogP contribution in [0.2, 0.25) is 0 Å². The largest absolute Gasteiger partial charge is 0.300 e. The van der Waals surface area contributed by atoms with Crippen LogP contribution in [0, 0.1) is 5.92 Å². The van der Waals surface area contributed by atoms with Crippen molar-refractivity contribution in [2.24, 2.45) is 5.92 Å². The fraction of sp³-hybridized carbons (Fsp3) is 0.562. The van der Waals surface area contributed by atoms with Crippen molar-refractivity contribution in [2.45, 2.75) is 39.2 Å². The van der Waals surface area contributed by atoms with Crippen molar-refractivity contribution in [1.82, 2.24) is 4.90 Å². The molecule has 2 unspecified atom stereocenters.